The number of amides is 1. The summed E-state index contributed by atoms with van der Waals surface area (Å²) in [6.45, 7) is 5.86. The second-order valence-corrected chi connectivity index (χ2v) is 6.54. The number of hydrogen-bond donors (Lipinski definition) is 3. The van der Waals surface area contributed by atoms with E-state index >= 15 is 0 Å². The van der Waals surface area contributed by atoms with Crippen molar-refractivity contribution in [1.29, 1.82) is 0 Å². The number of nitrogens with one attached hydrogen (secondary N) is 1. The zero-order valence-electron chi connectivity index (χ0n) is 14.9. The highest BCUT2D eigenvalue weighted by molar-refractivity contribution is 5.98. The van der Waals surface area contributed by atoms with Crippen LogP contribution in [-0.2, 0) is 0 Å². The highest BCUT2D eigenvalue weighted by Crippen LogP contribution is 2.20. The minimum absolute atomic E-state index is 0.304. The van der Waals surface area contributed by atoms with Crippen molar-refractivity contribution < 1.29 is 9.90 Å². The molecule has 2 aromatic carbocycles. The number of para-hydroxylation sites is 1. The van der Waals surface area contributed by atoms with Crippen LogP contribution in [0.5, 0.6) is 5.75 Å². The van der Waals surface area contributed by atoms with Crippen molar-refractivity contribution in [3.8, 4) is 5.75 Å². The molecule has 138 valence electrons. The van der Waals surface area contributed by atoms with Crippen LogP contribution in [0.3, 0.4) is 0 Å². The minimum atomic E-state index is -0.404. The lowest BCUT2D eigenvalue weighted by Crippen LogP contribution is -2.46. The van der Waals surface area contributed by atoms with Gasteiger partial charge in [-0.3, -0.25) is 9.69 Å². The summed E-state index contributed by atoms with van der Waals surface area (Å²) >= 11 is 0. The van der Waals surface area contributed by atoms with Gasteiger partial charge in [-0.05, 0) is 49.4 Å². The first-order valence-electron chi connectivity index (χ1n) is 9.02. The average molecular weight is 354 g/mol. The molecule has 26 heavy (non-hydrogen) atoms. The van der Waals surface area contributed by atoms with E-state index in [-0.39, 0.29) is 0 Å². The summed E-state index contributed by atoms with van der Waals surface area (Å²) in [5, 5.41) is 12.7. The Hall–Kier alpha value is -2.73. The smallest absolute Gasteiger partial charge is 0.250 e. The maximum Gasteiger partial charge on any atom is 0.250 e. The molecule has 0 spiro atoms. The van der Waals surface area contributed by atoms with E-state index in [9.17, 15) is 9.90 Å². The van der Waals surface area contributed by atoms with Crippen molar-refractivity contribution in [3.63, 3.8) is 0 Å². The molecule has 0 aromatic heterocycles. The number of anilines is 2. The molecule has 2 aromatic rings. The van der Waals surface area contributed by atoms with Crippen molar-refractivity contribution in [2.24, 2.45) is 5.73 Å². The standard InChI is InChI=1S/C20H26N4O2/c21-20(26)18-4-1-2-5-19(18)22-10-3-11-23-12-14-24(15-13-23)16-6-8-17(25)9-7-16/h1-2,4-9,22,25H,3,10-15H2,(H2,21,26). The summed E-state index contributed by atoms with van der Waals surface area (Å²) in [6, 6.07) is 14.7. The third-order valence-electron chi connectivity index (χ3n) is 4.75. The number of carbonyl (C=O) groups excluding carboxylic acids is 1. The summed E-state index contributed by atoms with van der Waals surface area (Å²) < 4.78 is 0. The molecule has 1 aliphatic heterocycles. The molecule has 0 bridgehead atoms. The zero-order chi connectivity index (χ0) is 18.4. The predicted octanol–water partition coefficient (Wildman–Crippen LogP) is 2.12. The largest absolute Gasteiger partial charge is 0.508 e. The van der Waals surface area contributed by atoms with Crippen LogP contribution in [0.4, 0.5) is 11.4 Å². The molecule has 0 unspecified atom stereocenters. The average Bonchev–Trinajstić information content (AvgIpc) is 2.66. The number of hydrogen-bond acceptors (Lipinski definition) is 5. The molecular weight excluding hydrogens is 328 g/mol. The number of nitrogens with zero attached hydrogens (tertiary/aromatic N) is 2. The molecule has 1 saturated heterocycles. The molecule has 6 heteroatoms. The van der Waals surface area contributed by atoms with Crippen LogP contribution in [-0.4, -0.2) is 55.2 Å². The van der Waals surface area contributed by atoms with E-state index in [1.165, 1.54) is 0 Å². The second kappa shape index (κ2) is 8.58. The van der Waals surface area contributed by atoms with Crippen molar-refractivity contribution in [2.45, 2.75) is 6.42 Å². The number of phenolic OH excluding ortho intramolecular Hbond substituents is 1. The van der Waals surface area contributed by atoms with Gasteiger partial charge < -0.3 is 21.1 Å². The van der Waals surface area contributed by atoms with Crippen LogP contribution in [0, 0.1) is 0 Å². The van der Waals surface area contributed by atoms with Crippen molar-refractivity contribution in [2.75, 3.05) is 49.5 Å². The van der Waals surface area contributed by atoms with Gasteiger partial charge in [0, 0.05) is 44.1 Å². The van der Waals surface area contributed by atoms with Crippen LogP contribution < -0.4 is 16.0 Å². The highest BCUT2D eigenvalue weighted by Gasteiger charge is 2.16. The first-order chi connectivity index (χ1) is 12.6. The molecule has 1 aliphatic rings. The van der Waals surface area contributed by atoms with Gasteiger partial charge in [0.25, 0.3) is 5.91 Å². The fraction of sp³-hybridized carbons (Fsp3) is 0.350. The van der Waals surface area contributed by atoms with Gasteiger partial charge in [-0.2, -0.15) is 0 Å². The fourth-order valence-electron chi connectivity index (χ4n) is 3.27. The lowest BCUT2D eigenvalue weighted by Gasteiger charge is -2.36. The van der Waals surface area contributed by atoms with Crippen molar-refractivity contribution in [1.82, 2.24) is 4.90 Å². The van der Waals surface area contributed by atoms with Gasteiger partial charge >= 0.3 is 0 Å². The van der Waals surface area contributed by atoms with E-state index in [4.69, 9.17) is 5.73 Å². The second-order valence-electron chi connectivity index (χ2n) is 6.54. The molecular formula is C20H26N4O2. The van der Waals surface area contributed by atoms with E-state index in [1.807, 2.05) is 30.3 Å². The Bertz CT molecular complexity index is 725. The number of carbonyl (C=O) groups is 1. The van der Waals surface area contributed by atoms with Crippen LogP contribution in [0.25, 0.3) is 0 Å². The minimum Gasteiger partial charge on any atom is -0.508 e. The molecule has 3 rings (SSSR count). The van der Waals surface area contributed by atoms with Crippen LogP contribution in [0.15, 0.2) is 48.5 Å². The van der Waals surface area contributed by atoms with E-state index in [2.05, 4.69) is 15.1 Å². The van der Waals surface area contributed by atoms with E-state index in [0.717, 1.165) is 57.1 Å². The maximum absolute atomic E-state index is 11.4. The molecule has 1 fully saturated rings. The Morgan fingerprint density at radius 3 is 2.42 bits per heavy atom. The van der Waals surface area contributed by atoms with Gasteiger partial charge in [-0.25, -0.2) is 0 Å². The number of primary amides is 1. The van der Waals surface area contributed by atoms with E-state index in [1.54, 1.807) is 18.2 Å². The molecule has 4 N–H and O–H groups in total. The van der Waals surface area contributed by atoms with Crippen LogP contribution in [0.1, 0.15) is 16.8 Å². The van der Waals surface area contributed by atoms with Gasteiger partial charge in [-0.1, -0.05) is 12.1 Å². The SMILES string of the molecule is NC(=O)c1ccccc1NCCCN1CCN(c2ccc(O)cc2)CC1. The first-order valence-corrected chi connectivity index (χ1v) is 9.02. The van der Waals surface area contributed by atoms with Crippen LogP contribution in [0.2, 0.25) is 0 Å². The third kappa shape index (κ3) is 4.67. The molecule has 1 heterocycles. The summed E-state index contributed by atoms with van der Waals surface area (Å²) in [4.78, 5) is 16.2. The summed E-state index contributed by atoms with van der Waals surface area (Å²) in [6.07, 6.45) is 1.01. The number of rotatable bonds is 7. The predicted molar refractivity (Wildman–Crippen MR) is 105 cm³/mol. The van der Waals surface area contributed by atoms with E-state index < -0.39 is 5.91 Å². The summed E-state index contributed by atoms with van der Waals surface area (Å²) in [5.74, 6) is -0.101. The van der Waals surface area contributed by atoms with Gasteiger partial charge in [0.1, 0.15) is 5.75 Å². The molecule has 0 saturated carbocycles. The Labute approximate surface area is 154 Å². The lowest BCUT2D eigenvalue weighted by molar-refractivity contribution is 0.100. The van der Waals surface area contributed by atoms with Gasteiger partial charge in [0.05, 0.1) is 5.56 Å². The quantitative estimate of drug-likeness (QED) is 0.664. The monoisotopic (exact) mass is 354 g/mol. The third-order valence-corrected chi connectivity index (χ3v) is 4.75. The lowest BCUT2D eigenvalue weighted by atomic mass is 10.1. The van der Waals surface area contributed by atoms with Gasteiger partial charge in [-0.15, -0.1) is 0 Å². The number of benzene rings is 2. The maximum atomic E-state index is 11.4. The van der Waals surface area contributed by atoms with Crippen molar-refractivity contribution in [3.05, 3.63) is 54.1 Å². The molecule has 0 radical (unpaired) electrons. The normalized spacial score (nSPS) is 15.0. The molecule has 0 aliphatic carbocycles. The van der Waals surface area contributed by atoms with E-state index in [0.29, 0.717) is 11.3 Å². The molecule has 6 nitrogen and oxygen atoms in total. The number of piperazine rings is 1. The van der Waals surface area contributed by atoms with Gasteiger partial charge in [0.2, 0.25) is 0 Å². The Morgan fingerprint density at radius 2 is 1.73 bits per heavy atom. The fourth-order valence-corrected chi connectivity index (χ4v) is 3.27. The topological polar surface area (TPSA) is 81.8 Å². The Kier molecular flexibility index (Phi) is 5.96. The van der Waals surface area contributed by atoms with Gasteiger partial charge in [0.15, 0.2) is 0 Å². The van der Waals surface area contributed by atoms with Crippen LogP contribution >= 0.6 is 0 Å². The van der Waals surface area contributed by atoms with Crippen molar-refractivity contribution >= 4 is 17.3 Å². The Morgan fingerprint density at radius 1 is 1.04 bits per heavy atom. The summed E-state index contributed by atoms with van der Waals surface area (Å²) in [5.41, 5.74) is 7.90. The number of aromatic hydroxyl groups is 1. The Balaban J connectivity index is 1.39. The number of phenols is 1. The highest BCUT2D eigenvalue weighted by atomic mass is 16.3. The summed E-state index contributed by atoms with van der Waals surface area (Å²) in [7, 11) is 0. The first kappa shape index (κ1) is 18.1. The molecule has 1 amide bonds. The zero-order valence-corrected chi connectivity index (χ0v) is 14.9. The molecule has 0 atom stereocenters. The number of nitrogens with two attached hydrogens (primary N) is 1.